The number of carboxylic acid groups (broad SMARTS) is 1. The molecule has 6 nitrogen and oxygen atoms in total. The van der Waals surface area contributed by atoms with E-state index in [2.05, 4.69) is 10.6 Å². The number of hydrogen-bond acceptors (Lipinski definition) is 3. The largest absolute Gasteiger partial charge is 0.481 e. The zero-order valence-electron chi connectivity index (χ0n) is 11.7. The monoisotopic (exact) mass is 309 g/mol. The Bertz CT molecular complexity index is 581. The van der Waals surface area contributed by atoms with E-state index in [1.165, 1.54) is 18.2 Å². The number of hydrogen-bond donors (Lipinski definition) is 3. The van der Waals surface area contributed by atoms with Crippen molar-refractivity contribution in [2.45, 2.75) is 26.3 Å². The normalized spacial score (nSPS) is 11.6. The first kappa shape index (κ1) is 16.8. The molecule has 3 N–H and O–H groups in total. The van der Waals surface area contributed by atoms with E-state index in [9.17, 15) is 9.59 Å². The third kappa shape index (κ3) is 5.32. The lowest BCUT2D eigenvalue weighted by atomic mass is 10.0. The number of benzene rings is 1. The van der Waals surface area contributed by atoms with Gasteiger partial charge in [-0.05, 0) is 24.1 Å². The molecule has 0 spiro atoms. The van der Waals surface area contributed by atoms with Crippen LogP contribution in [0.3, 0.4) is 0 Å². The Morgan fingerprint density at radius 3 is 2.57 bits per heavy atom. The van der Waals surface area contributed by atoms with Crippen molar-refractivity contribution in [3.05, 3.63) is 28.8 Å². The molecule has 7 heteroatoms. The average Bonchev–Trinajstić information content (AvgIpc) is 2.39. The molecule has 1 atom stereocenters. The Balaban J connectivity index is 2.72. The van der Waals surface area contributed by atoms with Crippen LogP contribution in [0.2, 0.25) is 5.02 Å². The molecule has 1 rings (SSSR count). The zero-order valence-corrected chi connectivity index (χ0v) is 12.4. The fourth-order valence-corrected chi connectivity index (χ4v) is 1.88. The standard InChI is InChI=1S/C14H16ClN3O3/c1-8(2)12(6-13(19)20)18-14(21)17-11-4-3-9(7-16)5-10(11)15/h3-5,8,12H,6H2,1-2H3,(H,19,20)(H2,17,18,21). The van der Waals surface area contributed by atoms with Gasteiger partial charge in [0, 0.05) is 6.04 Å². The number of nitriles is 1. The average molecular weight is 310 g/mol. The molecule has 0 aliphatic rings. The van der Waals surface area contributed by atoms with E-state index < -0.39 is 18.0 Å². The topological polar surface area (TPSA) is 102 Å². The van der Waals surface area contributed by atoms with Crippen LogP contribution in [0.25, 0.3) is 0 Å². The minimum absolute atomic E-state index is 0.0247. The van der Waals surface area contributed by atoms with E-state index in [4.69, 9.17) is 22.0 Å². The Morgan fingerprint density at radius 2 is 2.10 bits per heavy atom. The third-order valence-corrected chi connectivity index (χ3v) is 3.17. The number of urea groups is 1. The summed E-state index contributed by atoms with van der Waals surface area (Å²) in [5, 5.41) is 22.9. The van der Waals surface area contributed by atoms with Gasteiger partial charge in [-0.3, -0.25) is 4.79 Å². The van der Waals surface area contributed by atoms with Crippen LogP contribution in [0.4, 0.5) is 10.5 Å². The minimum Gasteiger partial charge on any atom is -0.481 e. The van der Waals surface area contributed by atoms with Crippen LogP contribution in [-0.4, -0.2) is 23.1 Å². The van der Waals surface area contributed by atoms with Gasteiger partial charge < -0.3 is 15.7 Å². The summed E-state index contributed by atoms with van der Waals surface area (Å²) in [5.41, 5.74) is 0.739. The maximum atomic E-state index is 11.9. The second kappa shape index (κ2) is 7.50. The van der Waals surface area contributed by atoms with Gasteiger partial charge in [0.25, 0.3) is 0 Å². The number of anilines is 1. The van der Waals surface area contributed by atoms with Gasteiger partial charge in [0.15, 0.2) is 0 Å². The van der Waals surface area contributed by atoms with E-state index in [0.29, 0.717) is 11.3 Å². The predicted molar refractivity (Wildman–Crippen MR) is 79.2 cm³/mol. The second-order valence-corrected chi connectivity index (χ2v) is 5.26. The number of carbonyl (C=O) groups excluding carboxylic acids is 1. The summed E-state index contributed by atoms with van der Waals surface area (Å²) < 4.78 is 0. The van der Waals surface area contributed by atoms with Crippen LogP contribution < -0.4 is 10.6 Å². The SMILES string of the molecule is CC(C)C(CC(=O)O)NC(=O)Nc1ccc(C#N)cc1Cl. The lowest BCUT2D eigenvalue weighted by Gasteiger charge is -2.21. The number of carbonyl (C=O) groups is 2. The number of halogens is 1. The second-order valence-electron chi connectivity index (χ2n) is 4.85. The van der Waals surface area contributed by atoms with Crippen LogP contribution in [0.1, 0.15) is 25.8 Å². The summed E-state index contributed by atoms with van der Waals surface area (Å²) in [6.07, 6.45) is -0.161. The molecule has 0 bridgehead atoms. The van der Waals surface area contributed by atoms with Crippen LogP contribution in [0.5, 0.6) is 0 Å². The molecule has 1 aromatic rings. The Labute approximate surface area is 127 Å². The first-order valence-corrected chi connectivity index (χ1v) is 6.70. The van der Waals surface area contributed by atoms with Crippen molar-refractivity contribution in [1.29, 1.82) is 5.26 Å². The van der Waals surface area contributed by atoms with Crippen LogP contribution in [-0.2, 0) is 4.79 Å². The van der Waals surface area contributed by atoms with Crippen molar-refractivity contribution in [3.8, 4) is 6.07 Å². The van der Waals surface area contributed by atoms with E-state index in [0.717, 1.165) is 0 Å². The molecule has 0 saturated heterocycles. The van der Waals surface area contributed by atoms with Crippen molar-refractivity contribution in [3.63, 3.8) is 0 Å². The number of amides is 2. The predicted octanol–water partition coefficient (Wildman–Crippen LogP) is 2.83. The van der Waals surface area contributed by atoms with Crippen molar-refractivity contribution in [2.75, 3.05) is 5.32 Å². The maximum Gasteiger partial charge on any atom is 0.319 e. The molecule has 1 aromatic carbocycles. The van der Waals surface area contributed by atoms with Gasteiger partial charge >= 0.3 is 12.0 Å². The Hall–Kier alpha value is -2.26. The van der Waals surface area contributed by atoms with Crippen molar-refractivity contribution in [1.82, 2.24) is 5.32 Å². The van der Waals surface area contributed by atoms with E-state index in [1.54, 1.807) is 0 Å². The summed E-state index contributed by atoms with van der Waals surface area (Å²) in [6.45, 7) is 3.64. The van der Waals surface area contributed by atoms with E-state index in [-0.39, 0.29) is 17.4 Å². The van der Waals surface area contributed by atoms with Crippen LogP contribution in [0.15, 0.2) is 18.2 Å². The minimum atomic E-state index is -0.981. The molecule has 21 heavy (non-hydrogen) atoms. The molecule has 112 valence electrons. The molecule has 0 fully saturated rings. The molecule has 0 aliphatic heterocycles. The first-order valence-electron chi connectivity index (χ1n) is 6.32. The third-order valence-electron chi connectivity index (χ3n) is 2.86. The van der Waals surface area contributed by atoms with Gasteiger partial charge in [-0.25, -0.2) is 4.79 Å². The van der Waals surface area contributed by atoms with E-state index >= 15 is 0 Å². The molecule has 0 saturated carbocycles. The number of aliphatic carboxylic acids is 1. The molecular weight excluding hydrogens is 294 g/mol. The summed E-state index contributed by atoms with van der Waals surface area (Å²) >= 11 is 5.95. The number of rotatable bonds is 5. The zero-order chi connectivity index (χ0) is 16.0. The van der Waals surface area contributed by atoms with Crippen LogP contribution in [0, 0.1) is 17.2 Å². The van der Waals surface area contributed by atoms with Crippen molar-refractivity contribution in [2.24, 2.45) is 5.92 Å². The van der Waals surface area contributed by atoms with Crippen molar-refractivity contribution >= 4 is 29.3 Å². The quantitative estimate of drug-likeness (QED) is 0.778. The number of nitrogens with zero attached hydrogens (tertiary/aromatic N) is 1. The van der Waals surface area contributed by atoms with Crippen molar-refractivity contribution < 1.29 is 14.7 Å². The first-order chi connectivity index (χ1) is 9.83. The van der Waals surface area contributed by atoms with Gasteiger partial charge in [-0.1, -0.05) is 25.4 Å². The fourth-order valence-electron chi connectivity index (χ4n) is 1.65. The highest BCUT2D eigenvalue weighted by Crippen LogP contribution is 2.22. The molecule has 2 amide bonds. The smallest absolute Gasteiger partial charge is 0.319 e. The Kier molecular flexibility index (Phi) is 6.00. The molecule has 0 heterocycles. The highest BCUT2D eigenvalue weighted by Gasteiger charge is 2.19. The van der Waals surface area contributed by atoms with E-state index in [1.807, 2.05) is 19.9 Å². The summed E-state index contributed by atoms with van der Waals surface area (Å²) in [4.78, 5) is 22.6. The lowest BCUT2D eigenvalue weighted by Crippen LogP contribution is -2.42. The molecular formula is C14H16ClN3O3. The maximum absolute atomic E-state index is 11.9. The highest BCUT2D eigenvalue weighted by atomic mass is 35.5. The van der Waals surface area contributed by atoms with Gasteiger partial charge in [0.2, 0.25) is 0 Å². The van der Waals surface area contributed by atoms with Gasteiger partial charge in [0.1, 0.15) is 0 Å². The van der Waals surface area contributed by atoms with Gasteiger partial charge in [0.05, 0.1) is 28.8 Å². The summed E-state index contributed by atoms with van der Waals surface area (Å²) in [7, 11) is 0. The Morgan fingerprint density at radius 1 is 1.43 bits per heavy atom. The molecule has 0 aliphatic carbocycles. The number of nitrogens with one attached hydrogen (secondary N) is 2. The number of carboxylic acids is 1. The molecule has 0 radical (unpaired) electrons. The molecule has 0 aromatic heterocycles. The summed E-state index contributed by atoms with van der Waals surface area (Å²) in [5.74, 6) is -1.01. The lowest BCUT2D eigenvalue weighted by molar-refractivity contribution is -0.137. The van der Waals surface area contributed by atoms with Gasteiger partial charge in [-0.2, -0.15) is 5.26 Å². The fraction of sp³-hybridized carbons (Fsp3) is 0.357. The van der Waals surface area contributed by atoms with Crippen LogP contribution >= 0.6 is 11.6 Å². The molecule has 1 unspecified atom stereocenters. The van der Waals surface area contributed by atoms with Gasteiger partial charge in [-0.15, -0.1) is 0 Å². The summed E-state index contributed by atoms with van der Waals surface area (Å²) in [6, 6.07) is 5.39. The highest BCUT2D eigenvalue weighted by molar-refractivity contribution is 6.33.